The largest absolute Gasteiger partial charge is 0.478 e. The smallest absolute Gasteiger partial charge is 0.331 e. The molecule has 0 radical (unpaired) electrons. The Kier molecular flexibility index (Phi) is 5.55. The molecule has 0 atom stereocenters. The molecule has 18 heavy (non-hydrogen) atoms. The van der Waals surface area contributed by atoms with Crippen molar-refractivity contribution in [3.8, 4) is 0 Å². The molecular weight excluding hydrogens is 236 g/mol. The molecule has 0 spiro atoms. The highest BCUT2D eigenvalue weighted by Gasteiger charge is 2.16. The Morgan fingerprint density at radius 2 is 1.56 bits per heavy atom. The lowest BCUT2D eigenvalue weighted by Crippen LogP contribution is -2.46. The third kappa shape index (κ3) is 6.03. The van der Waals surface area contributed by atoms with Gasteiger partial charge in [0.25, 0.3) is 0 Å². The lowest BCUT2D eigenvalue weighted by Gasteiger charge is -2.20. The average molecular weight is 256 g/mol. The highest BCUT2D eigenvalue weighted by Crippen LogP contribution is 2.03. The molecular formula is C12H20N2O4. The molecule has 0 fully saturated rings. The van der Waals surface area contributed by atoms with Crippen LogP contribution in [0.1, 0.15) is 34.6 Å². The van der Waals surface area contributed by atoms with Gasteiger partial charge in [0, 0.05) is 16.7 Å². The predicted octanol–water partition coefficient (Wildman–Crippen LogP) is 0.438. The fourth-order valence-corrected chi connectivity index (χ4v) is 1.09. The number of hydrogen-bond donors (Lipinski definition) is 3. The molecule has 0 aliphatic heterocycles. The first-order chi connectivity index (χ1) is 8.04. The van der Waals surface area contributed by atoms with Crippen molar-refractivity contribution in [3.05, 3.63) is 11.1 Å². The van der Waals surface area contributed by atoms with Crippen molar-refractivity contribution >= 4 is 17.8 Å². The van der Waals surface area contributed by atoms with Gasteiger partial charge in [-0.05, 0) is 34.6 Å². The van der Waals surface area contributed by atoms with Crippen molar-refractivity contribution in [3.63, 3.8) is 0 Å². The molecule has 102 valence electrons. The summed E-state index contributed by atoms with van der Waals surface area (Å²) in [6.07, 6.45) is 0. The summed E-state index contributed by atoms with van der Waals surface area (Å²) >= 11 is 0. The van der Waals surface area contributed by atoms with Crippen LogP contribution in [-0.4, -0.2) is 35.0 Å². The number of carboxylic acids is 1. The normalized spacial score (nSPS) is 12.5. The molecule has 0 rings (SSSR count). The van der Waals surface area contributed by atoms with Crippen LogP contribution in [0, 0.1) is 0 Å². The minimum absolute atomic E-state index is 0.0382. The van der Waals surface area contributed by atoms with Crippen LogP contribution in [0.3, 0.4) is 0 Å². The fraction of sp³-hybridized carbons (Fsp3) is 0.583. The van der Waals surface area contributed by atoms with E-state index in [-0.39, 0.29) is 29.1 Å². The van der Waals surface area contributed by atoms with Crippen LogP contribution in [-0.2, 0) is 14.4 Å². The van der Waals surface area contributed by atoms with E-state index < -0.39 is 11.9 Å². The van der Waals surface area contributed by atoms with E-state index in [2.05, 4.69) is 10.6 Å². The molecule has 0 heterocycles. The number of amides is 2. The van der Waals surface area contributed by atoms with Gasteiger partial charge in [0.2, 0.25) is 11.8 Å². The van der Waals surface area contributed by atoms with Crippen LogP contribution in [0.4, 0.5) is 0 Å². The number of carbonyl (C=O) groups excluding carboxylic acids is 2. The maximum absolute atomic E-state index is 11.5. The summed E-state index contributed by atoms with van der Waals surface area (Å²) in [6, 6.07) is 0. The van der Waals surface area contributed by atoms with Crippen LogP contribution in [0.25, 0.3) is 0 Å². The van der Waals surface area contributed by atoms with Crippen molar-refractivity contribution < 1.29 is 19.5 Å². The summed E-state index contributed by atoms with van der Waals surface area (Å²) in [5.41, 5.74) is -0.321. The number of aliphatic carboxylic acids is 1. The van der Waals surface area contributed by atoms with Crippen LogP contribution < -0.4 is 10.6 Å². The van der Waals surface area contributed by atoms with Gasteiger partial charge in [-0.3, -0.25) is 9.59 Å². The average Bonchev–Trinajstić information content (AvgIpc) is 2.21. The Hall–Kier alpha value is -1.85. The molecule has 6 heteroatoms. The summed E-state index contributed by atoms with van der Waals surface area (Å²) in [4.78, 5) is 33.6. The molecule has 3 N–H and O–H groups in total. The molecule has 0 unspecified atom stereocenters. The first-order valence-corrected chi connectivity index (χ1v) is 5.54. The predicted molar refractivity (Wildman–Crippen MR) is 66.9 cm³/mol. The summed E-state index contributed by atoms with van der Waals surface area (Å²) < 4.78 is 0. The first-order valence-electron chi connectivity index (χ1n) is 5.54. The lowest BCUT2D eigenvalue weighted by atomic mass is 10.1. The molecule has 0 aromatic heterocycles. The van der Waals surface area contributed by atoms with Gasteiger partial charge in [0.1, 0.15) is 0 Å². The van der Waals surface area contributed by atoms with E-state index in [4.69, 9.17) is 5.11 Å². The molecule has 0 saturated carbocycles. The van der Waals surface area contributed by atoms with E-state index in [0.29, 0.717) is 0 Å². The van der Waals surface area contributed by atoms with Gasteiger partial charge < -0.3 is 15.7 Å². The number of carbonyl (C=O) groups is 3. The second kappa shape index (κ2) is 6.18. The number of hydrogen-bond acceptors (Lipinski definition) is 3. The molecule has 0 bridgehead atoms. The number of carboxylic acid groups (broad SMARTS) is 1. The minimum atomic E-state index is -1.15. The Labute approximate surface area is 106 Å². The maximum atomic E-state index is 11.5. The first kappa shape index (κ1) is 16.1. The van der Waals surface area contributed by atoms with Crippen LogP contribution >= 0.6 is 0 Å². The zero-order valence-corrected chi connectivity index (χ0v) is 11.4. The molecule has 0 aliphatic rings. The minimum Gasteiger partial charge on any atom is -0.478 e. The maximum Gasteiger partial charge on any atom is 0.331 e. The van der Waals surface area contributed by atoms with Gasteiger partial charge in [-0.15, -0.1) is 0 Å². The molecule has 0 aliphatic carbocycles. The zero-order valence-electron chi connectivity index (χ0n) is 11.4. The van der Waals surface area contributed by atoms with Gasteiger partial charge in [-0.2, -0.15) is 0 Å². The standard InChI is InChI=1S/C12H20N2O4/c1-7(8(2)11(17)18)10(16)13-6-9(15)14-12(3,4)5/h6H2,1-5H3,(H,13,16)(H,14,15)(H,17,18). The number of nitrogens with one attached hydrogen (secondary N) is 2. The SMILES string of the molecule is CC(C(=O)O)=C(C)C(=O)NCC(=O)NC(C)(C)C. The zero-order chi connectivity index (χ0) is 14.5. The van der Waals surface area contributed by atoms with Gasteiger partial charge in [0.15, 0.2) is 0 Å². The van der Waals surface area contributed by atoms with Gasteiger partial charge in [0.05, 0.1) is 6.54 Å². The van der Waals surface area contributed by atoms with Gasteiger partial charge in [-0.1, -0.05) is 0 Å². The van der Waals surface area contributed by atoms with E-state index in [1.807, 2.05) is 20.8 Å². The van der Waals surface area contributed by atoms with E-state index in [0.717, 1.165) is 0 Å². The second-order valence-corrected chi connectivity index (χ2v) is 5.04. The van der Waals surface area contributed by atoms with Crippen molar-refractivity contribution in [2.45, 2.75) is 40.2 Å². The Morgan fingerprint density at radius 1 is 1.06 bits per heavy atom. The second-order valence-electron chi connectivity index (χ2n) is 5.04. The highest BCUT2D eigenvalue weighted by atomic mass is 16.4. The topological polar surface area (TPSA) is 95.5 Å². The Balaban J connectivity index is 4.41. The van der Waals surface area contributed by atoms with Crippen LogP contribution in [0.15, 0.2) is 11.1 Å². The van der Waals surface area contributed by atoms with Gasteiger partial charge in [-0.25, -0.2) is 4.79 Å². The van der Waals surface area contributed by atoms with E-state index in [1.54, 1.807) is 0 Å². The van der Waals surface area contributed by atoms with Crippen molar-refractivity contribution in [2.24, 2.45) is 0 Å². The van der Waals surface area contributed by atoms with Crippen molar-refractivity contribution in [2.75, 3.05) is 6.54 Å². The quantitative estimate of drug-likeness (QED) is 0.636. The third-order valence-electron chi connectivity index (χ3n) is 2.15. The van der Waals surface area contributed by atoms with Crippen LogP contribution in [0.2, 0.25) is 0 Å². The molecule has 0 saturated heterocycles. The summed E-state index contributed by atoms with van der Waals surface area (Å²) in [5.74, 6) is -2.03. The molecule has 2 amide bonds. The summed E-state index contributed by atoms with van der Waals surface area (Å²) in [7, 11) is 0. The third-order valence-corrected chi connectivity index (χ3v) is 2.15. The molecule has 0 aromatic carbocycles. The monoisotopic (exact) mass is 256 g/mol. The van der Waals surface area contributed by atoms with E-state index in [9.17, 15) is 14.4 Å². The molecule has 6 nitrogen and oxygen atoms in total. The molecule has 0 aromatic rings. The summed E-state index contributed by atoms with van der Waals surface area (Å²) in [6.45, 7) is 8.04. The van der Waals surface area contributed by atoms with Crippen LogP contribution in [0.5, 0.6) is 0 Å². The number of rotatable bonds is 4. The summed E-state index contributed by atoms with van der Waals surface area (Å²) in [5, 5.41) is 13.8. The Morgan fingerprint density at radius 3 is 1.94 bits per heavy atom. The lowest BCUT2D eigenvalue weighted by molar-refractivity contribution is -0.133. The van der Waals surface area contributed by atoms with Crippen molar-refractivity contribution in [1.82, 2.24) is 10.6 Å². The van der Waals surface area contributed by atoms with E-state index >= 15 is 0 Å². The fourth-order valence-electron chi connectivity index (χ4n) is 1.09. The highest BCUT2D eigenvalue weighted by molar-refractivity contribution is 6.02. The Bertz CT molecular complexity index is 391. The van der Waals surface area contributed by atoms with Gasteiger partial charge >= 0.3 is 5.97 Å². The van der Waals surface area contributed by atoms with E-state index in [1.165, 1.54) is 13.8 Å². The van der Waals surface area contributed by atoms with Crippen molar-refractivity contribution in [1.29, 1.82) is 0 Å².